The van der Waals surface area contributed by atoms with Crippen molar-refractivity contribution < 1.29 is 9.53 Å². The van der Waals surface area contributed by atoms with Gasteiger partial charge in [0, 0.05) is 10.0 Å². The fourth-order valence-electron chi connectivity index (χ4n) is 2.84. The van der Waals surface area contributed by atoms with Gasteiger partial charge in [-0.25, -0.2) is 0 Å². The van der Waals surface area contributed by atoms with Crippen LogP contribution >= 0.6 is 39.9 Å². The predicted molar refractivity (Wildman–Crippen MR) is 119 cm³/mol. The number of carbonyl (C=O) groups is 1. The highest BCUT2D eigenvalue weighted by atomic mass is 79.9. The molecule has 0 radical (unpaired) electrons. The monoisotopic (exact) mass is 455 g/mol. The maximum absolute atomic E-state index is 12.1. The maximum atomic E-state index is 12.1. The summed E-state index contributed by atoms with van der Waals surface area (Å²) in [5.41, 5.74) is 1.95. The molecule has 1 aliphatic heterocycles. The maximum Gasteiger partial charge on any atom is 0.263 e. The molecule has 1 N–H and O–H groups in total. The third-order valence-electron chi connectivity index (χ3n) is 4.16. The Kier molecular flexibility index (Phi) is 5.29. The fraction of sp³-hybridized carbons (Fsp3) is 0.0476. The lowest BCUT2D eigenvalue weighted by Gasteiger charge is -2.13. The summed E-state index contributed by atoms with van der Waals surface area (Å²) in [6, 6.07) is 20.0. The molecular formula is C21H14BrNO2S2. The highest BCUT2D eigenvalue weighted by molar-refractivity contribution is 9.10. The van der Waals surface area contributed by atoms with E-state index in [1.165, 1.54) is 11.8 Å². The largest absolute Gasteiger partial charge is 0.488 e. The van der Waals surface area contributed by atoms with E-state index < -0.39 is 0 Å². The van der Waals surface area contributed by atoms with Gasteiger partial charge >= 0.3 is 0 Å². The van der Waals surface area contributed by atoms with Crippen LogP contribution in [0.3, 0.4) is 0 Å². The fourth-order valence-corrected chi connectivity index (χ4v) is 4.13. The molecule has 1 saturated heterocycles. The molecule has 1 heterocycles. The Labute approximate surface area is 174 Å². The zero-order valence-corrected chi connectivity index (χ0v) is 17.3. The average Bonchev–Trinajstić information content (AvgIpc) is 2.99. The van der Waals surface area contributed by atoms with Gasteiger partial charge in [0.05, 0.1) is 4.91 Å². The molecular weight excluding hydrogens is 442 g/mol. The minimum atomic E-state index is -0.170. The molecule has 0 aromatic heterocycles. The summed E-state index contributed by atoms with van der Waals surface area (Å²) < 4.78 is 7.62. The second kappa shape index (κ2) is 7.84. The number of ether oxygens (including phenoxy) is 1. The molecule has 1 fully saturated rings. The summed E-state index contributed by atoms with van der Waals surface area (Å²) in [5.74, 6) is 0.562. The van der Waals surface area contributed by atoms with Crippen molar-refractivity contribution in [2.45, 2.75) is 6.61 Å². The van der Waals surface area contributed by atoms with E-state index in [9.17, 15) is 4.79 Å². The number of rotatable bonds is 4. The summed E-state index contributed by atoms with van der Waals surface area (Å²) in [6.45, 7) is 0.444. The van der Waals surface area contributed by atoms with Gasteiger partial charge in [-0.05, 0) is 40.6 Å². The quantitative estimate of drug-likeness (QED) is 0.406. The van der Waals surface area contributed by atoms with Crippen LogP contribution in [-0.4, -0.2) is 10.2 Å². The zero-order valence-electron chi connectivity index (χ0n) is 14.1. The second-order valence-electron chi connectivity index (χ2n) is 5.97. The Balaban J connectivity index is 1.73. The van der Waals surface area contributed by atoms with Crippen molar-refractivity contribution >= 4 is 67.0 Å². The highest BCUT2D eigenvalue weighted by Crippen LogP contribution is 2.34. The number of thiocarbonyl (C=S) groups is 1. The molecule has 1 aliphatic rings. The van der Waals surface area contributed by atoms with Crippen molar-refractivity contribution in [3.63, 3.8) is 0 Å². The van der Waals surface area contributed by atoms with Crippen LogP contribution in [0.1, 0.15) is 11.1 Å². The number of fused-ring (bicyclic) bond motifs is 1. The van der Waals surface area contributed by atoms with Crippen molar-refractivity contribution in [1.82, 2.24) is 5.32 Å². The molecule has 4 rings (SSSR count). The normalized spacial score (nSPS) is 15.4. The van der Waals surface area contributed by atoms with Gasteiger partial charge in [-0.3, -0.25) is 4.79 Å². The Bertz CT molecular complexity index is 1080. The molecule has 0 aliphatic carbocycles. The van der Waals surface area contributed by atoms with Crippen LogP contribution in [-0.2, 0) is 11.4 Å². The molecule has 0 saturated carbocycles. The lowest BCUT2D eigenvalue weighted by atomic mass is 10.0. The number of benzene rings is 3. The minimum absolute atomic E-state index is 0.170. The SMILES string of the molecule is O=C1NC(=S)S/C1=C\c1c(OCc2ccc(Br)cc2)ccc2ccccc12. The van der Waals surface area contributed by atoms with E-state index in [1.54, 1.807) is 0 Å². The molecule has 1 amide bonds. The third kappa shape index (κ3) is 4.08. The molecule has 27 heavy (non-hydrogen) atoms. The van der Waals surface area contributed by atoms with Crippen molar-refractivity contribution in [3.05, 3.63) is 81.2 Å². The molecule has 0 spiro atoms. The van der Waals surface area contributed by atoms with E-state index in [0.29, 0.717) is 15.8 Å². The summed E-state index contributed by atoms with van der Waals surface area (Å²) in [6.07, 6.45) is 1.86. The standard InChI is InChI=1S/C21H14BrNO2S2/c22-15-8-5-13(6-9-15)12-25-18-10-7-14-3-1-2-4-16(14)17(18)11-19-20(24)23-21(26)27-19/h1-11H,12H2,(H,23,24,26)/b19-11-. The summed E-state index contributed by atoms with van der Waals surface area (Å²) in [5, 5.41) is 4.78. The molecule has 134 valence electrons. The zero-order chi connectivity index (χ0) is 18.8. The molecule has 3 nitrogen and oxygen atoms in total. The molecule has 0 bridgehead atoms. The van der Waals surface area contributed by atoms with E-state index in [0.717, 1.165) is 32.1 Å². The number of nitrogens with one attached hydrogen (secondary N) is 1. The van der Waals surface area contributed by atoms with Crippen molar-refractivity contribution in [1.29, 1.82) is 0 Å². The second-order valence-corrected chi connectivity index (χ2v) is 8.60. The summed E-state index contributed by atoms with van der Waals surface area (Å²) in [7, 11) is 0. The van der Waals surface area contributed by atoms with E-state index in [1.807, 2.05) is 66.7 Å². The topological polar surface area (TPSA) is 38.3 Å². The van der Waals surface area contributed by atoms with Crippen molar-refractivity contribution in [2.75, 3.05) is 0 Å². The first kappa shape index (κ1) is 18.2. The van der Waals surface area contributed by atoms with Gasteiger partial charge in [0.2, 0.25) is 0 Å². The number of halogens is 1. The number of amides is 1. The highest BCUT2D eigenvalue weighted by Gasteiger charge is 2.23. The van der Waals surface area contributed by atoms with Crippen LogP contribution < -0.4 is 10.1 Å². The van der Waals surface area contributed by atoms with Crippen molar-refractivity contribution in [3.8, 4) is 5.75 Å². The molecule has 3 aromatic carbocycles. The van der Waals surface area contributed by atoms with E-state index in [2.05, 4.69) is 21.2 Å². The minimum Gasteiger partial charge on any atom is -0.488 e. The lowest BCUT2D eigenvalue weighted by molar-refractivity contribution is -0.115. The van der Waals surface area contributed by atoms with Gasteiger partial charge in [-0.1, -0.05) is 82.4 Å². The smallest absolute Gasteiger partial charge is 0.263 e. The molecule has 0 atom stereocenters. The van der Waals surface area contributed by atoms with Gasteiger partial charge in [0.25, 0.3) is 5.91 Å². The van der Waals surface area contributed by atoms with Crippen LogP contribution in [0.25, 0.3) is 16.8 Å². The summed E-state index contributed by atoms with van der Waals surface area (Å²) in [4.78, 5) is 12.7. The lowest BCUT2D eigenvalue weighted by Crippen LogP contribution is -2.17. The Morgan fingerprint density at radius 3 is 2.59 bits per heavy atom. The van der Waals surface area contributed by atoms with Crippen LogP contribution in [0.5, 0.6) is 5.75 Å². The molecule has 3 aromatic rings. The van der Waals surface area contributed by atoms with Gasteiger partial charge < -0.3 is 10.1 Å². The van der Waals surface area contributed by atoms with Crippen LogP contribution in [0.4, 0.5) is 0 Å². The Morgan fingerprint density at radius 2 is 1.85 bits per heavy atom. The number of hydrogen-bond acceptors (Lipinski definition) is 4. The Morgan fingerprint density at radius 1 is 1.07 bits per heavy atom. The number of thioether (sulfide) groups is 1. The molecule has 0 unspecified atom stereocenters. The van der Waals surface area contributed by atoms with Gasteiger partial charge in [-0.2, -0.15) is 0 Å². The number of carbonyl (C=O) groups excluding carboxylic acids is 1. The van der Waals surface area contributed by atoms with Gasteiger partial charge in [-0.15, -0.1) is 0 Å². The van der Waals surface area contributed by atoms with Crippen LogP contribution in [0, 0.1) is 0 Å². The average molecular weight is 456 g/mol. The van der Waals surface area contributed by atoms with Gasteiger partial charge in [0.15, 0.2) is 0 Å². The third-order valence-corrected chi connectivity index (χ3v) is 5.85. The predicted octanol–water partition coefficient (Wildman–Crippen LogP) is 5.67. The van der Waals surface area contributed by atoms with Crippen LogP contribution in [0.15, 0.2) is 70.0 Å². The van der Waals surface area contributed by atoms with E-state index in [4.69, 9.17) is 17.0 Å². The van der Waals surface area contributed by atoms with E-state index in [-0.39, 0.29) is 5.91 Å². The van der Waals surface area contributed by atoms with Crippen molar-refractivity contribution in [2.24, 2.45) is 0 Å². The van der Waals surface area contributed by atoms with Crippen LogP contribution in [0.2, 0.25) is 0 Å². The van der Waals surface area contributed by atoms with E-state index >= 15 is 0 Å². The first-order valence-electron chi connectivity index (χ1n) is 8.24. The molecule has 6 heteroatoms. The summed E-state index contributed by atoms with van der Waals surface area (Å²) >= 11 is 9.81. The number of hydrogen-bond donors (Lipinski definition) is 1. The first-order valence-corrected chi connectivity index (χ1v) is 10.3. The first-order chi connectivity index (χ1) is 13.1. The van der Waals surface area contributed by atoms with Gasteiger partial charge in [0.1, 0.15) is 16.7 Å². The Hall–Kier alpha value is -2.15.